The summed E-state index contributed by atoms with van der Waals surface area (Å²) in [6.07, 6.45) is -0.744. The zero-order valence-electron chi connectivity index (χ0n) is 18.1. The Labute approximate surface area is 195 Å². The summed E-state index contributed by atoms with van der Waals surface area (Å²) in [4.78, 5) is 18.0. The Hall–Kier alpha value is -4.13. The maximum atomic E-state index is 14.2. The van der Waals surface area contributed by atoms with Gasteiger partial charge in [-0.15, -0.1) is 0 Å². The van der Waals surface area contributed by atoms with Gasteiger partial charge in [-0.3, -0.25) is 10.1 Å². The molecule has 1 aromatic carbocycles. The van der Waals surface area contributed by atoms with Crippen molar-refractivity contribution in [3.8, 4) is 34.1 Å². The Morgan fingerprint density at radius 2 is 1.91 bits per heavy atom. The minimum atomic E-state index is -5.08. The summed E-state index contributed by atoms with van der Waals surface area (Å²) < 4.78 is 51.5. The van der Waals surface area contributed by atoms with Crippen molar-refractivity contribution < 1.29 is 32.0 Å². The number of alkyl halides is 3. The van der Waals surface area contributed by atoms with E-state index in [1.807, 2.05) is 13.1 Å². The second-order valence-corrected chi connectivity index (χ2v) is 7.51. The van der Waals surface area contributed by atoms with E-state index in [-0.39, 0.29) is 11.7 Å². The number of benzene rings is 1. The first-order chi connectivity index (χ1) is 16.7. The number of nitrogens with zero attached hydrogens (tertiary/aromatic N) is 4. The fourth-order valence-corrected chi connectivity index (χ4v) is 3.62. The highest BCUT2D eigenvalue weighted by molar-refractivity contribution is 5.77. The summed E-state index contributed by atoms with van der Waals surface area (Å²) in [5, 5.41) is 21.5. The molecule has 0 saturated heterocycles. The smallest absolute Gasteiger partial charge is 0.475 e. The molecule has 1 aliphatic rings. The van der Waals surface area contributed by atoms with Crippen LogP contribution in [0.5, 0.6) is 0 Å². The normalized spacial score (nSPS) is 13.1. The average Bonchev–Trinajstić information content (AvgIpc) is 3.49. The number of pyridine rings is 1. The van der Waals surface area contributed by atoms with Crippen molar-refractivity contribution in [1.29, 1.82) is 0 Å². The van der Waals surface area contributed by atoms with E-state index >= 15 is 0 Å². The van der Waals surface area contributed by atoms with Crippen LogP contribution < -0.4 is 5.32 Å². The van der Waals surface area contributed by atoms with Crippen LogP contribution in [-0.4, -0.2) is 49.1 Å². The van der Waals surface area contributed by atoms with E-state index in [1.165, 1.54) is 11.6 Å². The maximum absolute atomic E-state index is 14.2. The van der Waals surface area contributed by atoms with Gasteiger partial charge in [-0.1, -0.05) is 17.3 Å². The molecule has 4 heterocycles. The number of fused-ring (bicyclic) bond motifs is 1. The zero-order chi connectivity index (χ0) is 25.2. The molecule has 0 aliphatic carbocycles. The molecule has 5 rings (SSSR count). The summed E-state index contributed by atoms with van der Waals surface area (Å²) in [7, 11) is 0. The summed E-state index contributed by atoms with van der Waals surface area (Å²) in [6.45, 7) is 3.61. The number of rotatable bonds is 3. The van der Waals surface area contributed by atoms with Crippen LogP contribution in [-0.2, 0) is 17.8 Å². The van der Waals surface area contributed by atoms with Gasteiger partial charge in [-0.05, 0) is 43.1 Å². The van der Waals surface area contributed by atoms with Crippen LogP contribution in [0.2, 0.25) is 0 Å². The van der Waals surface area contributed by atoms with E-state index in [2.05, 4.69) is 30.6 Å². The monoisotopic (exact) mass is 490 g/mol. The molecule has 9 nitrogen and oxygen atoms in total. The van der Waals surface area contributed by atoms with Crippen molar-refractivity contribution in [1.82, 2.24) is 30.6 Å². The van der Waals surface area contributed by atoms with Crippen molar-refractivity contribution in [2.45, 2.75) is 26.1 Å². The molecule has 0 fully saturated rings. The van der Waals surface area contributed by atoms with Gasteiger partial charge in [-0.2, -0.15) is 23.3 Å². The summed E-state index contributed by atoms with van der Waals surface area (Å²) in [5.41, 5.74) is 5.56. The van der Waals surface area contributed by atoms with Gasteiger partial charge in [0.15, 0.2) is 0 Å². The van der Waals surface area contributed by atoms with Gasteiger partial charge >= 0.3 is 12.1 Å². The van der Waals surface area contributed by atoms with Crippen LogP contribution in [0.15, 0.2) is 41.2 Å². The van der Waals surface area contributed by atoms with Crippen molar-refractivity contribution in [3.63, 3.8) is 0 Å². The van der Waals surface area contributed by atoms with Gasteiger partial charge in [0.1, 0.15) is 5.82 Å². The number of hydrogen-bond donors (Lipinski definition) is 3. The summed E-state index contributed by atoms with van der Waals surface area (Å²) in [6, 6.07) is 6.49. The number of aromatic nitrogens is 5. The standard InChI is InChI=1S/C20H17FN6O.C2HF3O2/c1-11-17(13-6-7-22-8-12(13)9-23-11)19-25-20(28-27-19)15-10-24-26-18(15)14-4-2-3-5-16(14)21;3-2(4,5)1(6)7/h2-5,9-10,22H,6-8H2,1H3,(H,24,26);(H,6,7). The lowest BCUT2D eigenvalue weighted by Gasteiger charge is -2.19. The Balaban J connectivity index is 0.000000364. The fourth-order valence-electron chi connectivity index (χ4n) is 3.62. The van der Waals surface area contributed by atoms with E-state index < -0.39 is 12.1 Å². The second kappa shape index (κ2) is 9.62. The Morgan fingerprint density at radius 3 is 2.63 bits per heavy atom. The Bertz CT molecular complexity index is 1370. The number of nitrogens with one attached hydrogen (secondary N) is 2. The van der Waals surface area contributed by atoms with Crippen molar-refractivity contribution in [3.05, 3.63) is 59.3 Å². The first-order valence-electron chi connectivity index (χ1n) is 10.3. The molecule has 182 valence electrons. The van der Waals surface area contributed by atoms with Crippen molar-refractivity contribution >= 4 is 5.97 Å². The first-order valence-corrected chi connectivity index (χ1v) is 10.3. The topological polar surface area (TPSA) is 130 Å². The third-order valence-corrected chi connectivity index (χ3v) is 5.24. The molecule has 0 saturated carbocycles. The maximum Gasteiger partial charge on any atom is 0.490 e. The van der Waals surface area contributed by atoms with Crippen molar-refractivity contribution in [2.24, 2.45) is 0 Å². The van der Waals surface area contributed by atoms with E-state index in [4.69, 9.17) is 14.4 Å². The first kappa shape index (κ1) is 24.0. The molecule has 3 N–H and O–H groups in total. The third kappa shape index (κ3) is 5.04. The number of hydrogen-bond acceptors (Lipinski definition) is 7. The van der Waals surface area contributed by atoms with Crippen LogP contribution >= 0.6 is 0 Å². The largest absolute Gasteiger partial charge is 0.490 e. The van der Waals surface area contributed by atoms with Crippen LogP contribution in [0.3, 0.4) is 0 Å². The third-order valence-electron chi connectivity index (χ3n) is 5.24. The fraction of sp³-hybridized carbons (Fsp3) is 0.227. The van der Waals surface area contributed by atoms with E-state index in [0.29, 0.717) is 22.6 Å². The Morgan fingerprint density at radius 1 is 1.17 bits per heavy atom. The van der Waals surface area contributed by atoms with Gasteiger partial charge in [0, 0.05) is 29.6 Å². The molecule has 35 heavy (non-hydrogen) atoms. The molecule has 0 amide bonds. The molecule has 13 heteroatoms. The Kier molecular flexibility index (Phi) is 6.60. The van der Waals surface area contributed by atoms with Crippen LogP contribution in [0.1, 0.15) is 16.8 Å². The zero-order valence-corrected chi connectivity index (χ0v) is 18.1. The van der Waals surface area contributed by atoms with Crippen LogP contribution in [0, 0.1) is 12.7 Å². The van der Waals surface area contributed by atoms with Gasteiger partial charge in [0.05, 0.1) is 17.5 Å². The number of aliphatic carboxylic acids is 1. The van der Waals surface area contributed by atoms with E-state index in [9.17, 15) is 17.6 Å². The van der Waals surface area contributed by atoms with Crippen molar-refractivity contribution in [2.75, 3.05) is 6.54 Å². The molecule has 3 aromatic heterocycles. The number of carboxylic acid groups (broad SMARTS) is 1. The molecule has 4 aromatic rings. The lowest BCUT2D eigenvalue weighted by molar-refractivity contribution is -0.192. The summed E-state index contributed by atoms with van der Waals surface area (Å²) in [5.74, 6) is -2.34. The number of H-pyrrole nitrogens is 1. The molecule has 0 spiro atoms. The van der Waals surface area contributed by atoms with Crippen LogP contribution in [0.4, 0.5) is 17.6 Å². The highest BCUT2D eigenvalue weighted by Crippen LogP contribution is 2.34. The SMILES string of the molecule is Cc1ncc2c(c1-c1noc(-c3cn[nH]c3-c3ccccc3F)n1)CCNC2.O=C(O)C(F)(F)F. The van der Waals surface area contributed by atoms with E-state index in [0.717, 1.165) is 36.3 Å². The molecule has 0 bridgehead atoms. The van der Waals surface area contributed by atoms with Crippen LogP contribution in [0.25, 0.3) is 34.1 Å². The minimum absolute atomic E-state index is 0.285. The second-order valence-electron chi connectivity index (χ2n) is 7.51. The highest BCUT2D eigenvalue weighted by Gasteiger charge is 2.38. The molecule has 0 radical (unpaired) electrons. The lowest BCUT2D eigenvalue weighted by atomic mass is 9.95. The number of halogens is 4. The predicted molar refractivity (Wildman–Crippen MR) is 114 cm³/mol. The number of carboxylic acids is 1. The van der Waals surface area contributed by atoms with Gasteiger partial charge in [0.2, 0.25) is 5.82 Å². The summed E-state index contributed by atoms with van der Waals surface area (Å²) >= 11 is 0. The molecular weight excluding hydrogens is 472 g/mol. The molecule has 0 atom stereocenters. The molecule has 0 unspecified atom stereocenters. The highest BCUT2D eigenvalue weighted by atomic mass is 19.4. The quantitative estimate of drug-likeness (QED) is 0.369. The minimum Gasteiger partial charge on any atom is -0.475 e. The van der Waals surface area contributed by atoms with E-state index in [1.54, 1.807) is 24.4 Å². The predicted octanol–water partition coefficient (Wildman–Crippen LogP) is 3.92. The lowest BCUT2D eigenvalue weighted by Crippen LogP contribution is -2.24. The van der Waals surface area contributed by atoms with Gasteiger partial charge in [0.25, 0.3) is 5.89 Å². The van der Waals surface area contributed by atoms with Gasteiger partial charge in [-0.25, -0.2) is 9.18 Å². The molecular formula is C22H18F4N6O3. The number of aromatic amines is 1. The molecule has 1 aliphatic heterocycles. The number of aryl methyl sites for hydroxylation is 1. The average molecular weight is 490 g/mol. The van der Waals surface area contributed by atoms with Gasteiger partial charge < -0.3 is 14.9 Å². The number of carbonyl (C=O) groups is 1.